The minimum absolute atomic E-state index is 0.0821. The van der Waals surface area contributed by atoms with Crippen LogP contribution >= 0.6 is 11.3 Å². The fourth-order valence-corrected chi connectivity index (χ4v) is 6.94. The Balaban J connectivity index is 2.17. The van der Waals surface area contributed by atoms with Crippen LogP contribution in [0.25, 0.3) is 10.2 Å². The number of nitrogens with zero attached hydrogens (tertiary/aromatic N) is 4. The second-order valence-electron chi connectivity index (χ2n) is 8.40. The Bertz CT molecular complexity index is 1670. The van der Waals surface area contributed by atoms with Crippen LogP contribution in [0.5, 0.6) is 0 Å². The number of H-pyrrole nitrogens is 1. The maximum absolute atomic E-state index is 13.7. The molecule has 0 amide bonds. The monoisotopic (exact) mass is 543 g/mol. The van der Waals surface area contributed by atoms with Gasteiger partial charge in [0.25, 0.3) is 10.7 Å². The molecule has 0 aliphatic rings. The van der Waals surface area contributed by atoms with Crippen LogP contribution in [0.4, 0.5) is 13.2 Å². The summed E-state index contributed by atoms with van der Waals surface area (Å²) in [5, 5.41) is 15.8. The van der Waals surface area contributed by atoms with Crippen LogP contribution in [0.2, 0.25) is 0 Å². The van der Waals surface area contributed by atoms with E-state index in [0.29, 0.717) is 15.9 Å². The van der Waals surface area contributed by atoms with Gasteiger partial charge in [0.15, 0.2) is 0 Å². The minimum atomic E-state index is -4.85. The van der Waals surface area contributed by atoms with E-state index in [1.165, 1.54) is 10.6 Å². The quantitative estimate of drug-likeness (QED) is 0.381. The van der Waals surface area contributed by atoms with Crippen molar-refractivity contribution in [2.45, 2.75) is 42.7 Å². The van der Waals surface area contributed by atoms with Crippen LogP contribution < -0.4 is 11.2 Å². The molecule has 0 aliphatic carbocycles. The number of fused-ring (bicyclic) bond motifs is 1. The Morgan fingerprint density at radius 2 is 1.86 bits per heavy atom. The average Bonchev–Trinajstić information content (AvgIpc) is 3.48. The number of aliphatic hydroxyl groups is 1. The van der Waals surface area contributed by atoms with Crippen molar-refractivity contribution in [3.8, 4) is 0 Å². The summed E-state index contributed by atoms with van der Waals surface area (Å²) in [6.45, 7) is 3.66. The number of hydrogen-bond donors (Lipinski definition) is 2. The summed E-state index contributed by atoms with van der Waals surface area (Å²) in [4.78, 5) is 28.4. The van der Waals surface area contributed by atoms with Gasteiger partial charge in [0.1, 0.15) is 22.2 Å². The van der Waals surface area contributed by atoms with Crippen LogP contribution in [0.3, 0.4) is 0 Å². The van der Waals surface area contributed by atoms with Crippen LogP contribution in [0.15, 0.2) is 50.2 Å². The normalized spacial score (nSPS) is 13.6. The van der Waals surface area contributed by atoms with Gasteiger partial charge in [0.05, 0.1) is 15.8 Å². The molecule has 4 rings (SSSR count). The van der Waals surface area contributed by atoms with E-state index in [1.54, 1.807) is 13.8 Å². The van der Waals surface area contributed by atoms with E-state index >= 15 is 0 Å². The number of hydrogen-bond acceptors (Lipinski definition) is 8. The second-order valence-corrected chi connectivity index (χ2v) is 11.2. The number of rotatable bonds is 6. The second kappa shape index (κ2) is 8.97. The van der Waals surface area contributed by atoms with Crippen molar-refractivity contribution >= 4 is 31.4 Å². The highest BCUT2D eigenvalue weighted by molar-refractivity contribution is 7.91. The molecule has 1 unspecified atom stereocenters. The van der Waals surface area contributed by atoms with Gasteiger partial charge >= 0.3 is 11.9 Å². The number of benzene rings is 1. The van der Waals surface area contributed by atoms with Gasteiger partial charge < -0.3 is 5.11 Å². The number of nitrogens with one attached hydrogen (secondary N) is 1. The molecule has 15 heteroatoms. The first-order valence-electron chi connectivity index (χ1n) is 10.5. The van der Waals surface area contributed by atoms with Gasteiger partial charge in [-0.25, -0.2) is 18.2 Å². The van der Waals surface area contributed by atoms with Crippen molar-refractivity contribution in [2.24, 2.45) is 13.0 Å². The van der Waals surface area contributed by atoms with Gasteiger partial charge in [-0.2, -0.15) is 13.2 Å². The third kappa shape index (κ3) is 4.16. The van der Waals surface area contributed by atoms with E-state index in [-0.39, 0.29) is 17.3 Å². The third-order valence-corrected chi connectivity index (χ3v) is 8.44. The van der Waals surface area contributed by atoms with E-state index in [0.717, 1.165) is 31.6 Å². The number of sulfone groups is 1. The number of alkyl halides is 3. The van der Waals surface area contributed by atoms with Crippen molar-refractivity contribution in [3.63, 3.8) is 0 Å². The van der Waals surface area contributed by atoms with Crippen LogP contribution in [-0.4, -0.2) is 37.8 Å². The number of aliphatic hydroxyl groups excluding tert-OH is 1. The lowest BCUT2D eigenvalue weighted by Gasteiger charge is -2.17. The molecular weight excluding hydrogens is 523 g/mol. The molecule has 0 radical (unpaired) electrons. The molecule has 192 valence electrons. The van der Waals surface area contributed by atoms with Crippen LogP contribution in [-0.2, 0) is 29.6 Å². The summed E-state index contributed by atoms with van der Waals surface area (Å²) in [6.07, 6.45) is -5.98. The first kappa shape index (κ1) is 25.8. The van der Waals surface area contributed by atoms with E-state index in [1.807, 2.05) is 0 Å². The first-order chi connectivity index (χ1) is 16.8. The molecule has 3 heterocycles. The van der Waals surface area contributed by atoms with Crippen molar-refractivity contribution in [2.75, 3.05) is 0 Å². The Hall–Kier alpha value is -3.30. The molecule has 10 nitrogen and oxygen atoms in total. The summed E-state index contributed by atoms with van der Waals surface area (Å²) < 4.78 is 70.2. The van der Waals surface area contributed by atoms with Gasteiger partial charge in [-0.05, 0) is 17.5 Å². The van der Waals surface area contributed by atoms with Gasteiger partial charge in [-0.3, -0.25) is 19.0 Å². The standard InChI is InChI=1S/C21H20F3N5O5S2/c1-10(2)8-29-18-13(17(31)28(3)20(29)32)16(36(33,34)19-25-9-26-27-19)15(35-18)14(30)11-6-4-5-7-12(11)21(22,23)24/h4-7,9-10,14,30H,8H2,1-3H3,(H,25,26,27). The molecule has 0 aliphatic heterocycles. The third-order valence-electron chi connectivity index (χ3n) is 5.41. The molecule has 0 bridgehead atoms. The van der Waals surface area contributed by atoms with E-state index < -0.39 is 64.8 Å². The number of aromatic amines is 1. The average molecular weight is 544 g/mol. The molecular formula is C21H20F3N5O5S2. The smallest absolute Gasteiger partial charge is 0.383 e. The highest BCUT2D eigenvalue weighted by atomic mass is 32.2. The Morgan fingerprint density at radius 3 is 2.44 bits per heavy atom. The lowest BCUT2D eigenvalue weighted by molar-refractivity contribution is -0.139. The summed E-state index contributed by atoms with van der Waals surface area (Å²) >= 11 is 0.563. The van der Waals surface area contributed by atoms with Gasteiger partial charge in [0, 0.05) is 13.6 Å². The first-order valence-corrected chi connectivity index (χ1v) is 12.8. The van der Waals surface area contributed by atoms with Crippen LogP contribution in [0.1, 0.15) is 36.0 Å². The predicted octanol–water partition coefficient (Wildman–Crippen LogP) is 2.47. The molecule has 0 fully saturated rings. The topological polar surface area (TPSA) is 140 Å². The zero-order valence-corrected chi connectivity index (χ0v) is 20.7. The lowest BCUT2D eigenvalue weighted by atomic mass is 10.0. The van der Waals surface area contributed by atoms with Crippen molar-refractivity contribution in [1.82, 2.24) is 24.3 Å². The zero-order valence-electron chi connectivity index (χ0n) is 19.1. The fraction of sp³-hybridized carbons (Fsp3) is 0.333. The van der Waals surface area contributed by atoms with E-state index in [2.05, 4.69) is 15.2 Å². The highest BCUT2D eigenvalue weighted by Gasteiger charge is 2.39. The van der Waals surface area contributed by atoms with E-state index in [4.69, 9.17) is 0 Å². The summed E-state index contributed by atoms with van der Waals surface area (Å²) in [7, 11) is -3.56. The largest absolute Gasteiger partial charge is 0.416 e. The molecule has 0 saturated carbocycles. The fourth-order valence-electron chi connectivity index (χ4n) is 3.85. The molecule has 0 saturated heterocycles. The van der Waals surface area contributed by atoms with E-state index in [9.17, 15) is 36.3 Å². The molecule has 3 aromatic heterocycles. The Labute approximate surface area is 205 Å². The number of thiophene rings is 1. The number of halogens is 3. The van der Waals surface area contributed by atoms with Crippen molar-refractivity contribution in [1.29, 1.82) is 0 Å². The summed E-state index contributed by atoms with van der Waals surface area (Å²) in [6, 6.07) is 4.16. The Kier molecular flexibility index (Phi) is 6.43. The summed E-state index contributed by atoms with van der Waals surface area (Å²) in [5.41, 5.74) is -3.51. The van der Waals surface area contributed by atoms with Gasteiger partial charge in [0.2, 0.25) is 9.84 Å². The molecule has 4 aromatic rings. The molecule has 1 aromatic carbocycles. The zero-order chi connectivity index (χ0) is 26.6. The Morgan fingerprint density at radius 1 is 1.19 bits per heavy atom. The van der Waals surface area contributed by atoms with Crippen molar-refractivity contribution in [3.05, 3.63) is 67.4 Å². The SMILES string of the molecule is CC(C)Cn1c(=O)n(C)c(=O)c2c(S(=O)(=O)c3nc[nH]n3)c(C(O)c3ccccc3C(F)(F)F)sc21. The number of aromatic nitrogens is 5. The van der Waals surface area contributed by atoms with Crippen molar-refractivity contribution < 1.29 is 26.7 Å². The summed E-state index contributed by atoms with van der Waals surface area (Å²) in [5.74, 6) is -0.113. The predicted molar refractivity (Wildman–Crippen MR) is 124 cm³/mol. The lowest BCUT2D eigenvalue weighted by Crippen LogP contribution is -2.38. The van der Waals surface area contributed by atoms with Gasteiger partial charge in [-0.15, -0.1) is 16.4 Å². The molecule has 0 spiro atoms. The van der Waals surface area contributed by atoms with Crippen LogP contribution in [0, 0.1) is 5.92 Å². The van der Waals surface area contributed by atoms with Gasteiger partial charge in [-0.1, -0.05) is 32.0 Å². The highest BCUT2D eigenvalue weighted by Crippen LogP contribution is 2.43. The maximum atomic E-state index is 13.7. The maximum Gasteiger partial charge on any atom is 0.416 e. The molecule has 1 atom stereocenters. The molecule has 36 heavy (non-hydrogen) atoms. The molecule has 2 N–H and O–H groups in total. The minimum Gasteiger partial charge on any atom is -0.383 e.